The van der Waals surface area contributed by atoms with Gasteiger partial charge in [0.1, 0.15) is 5.65 Å². The van der Waals surface area contributed by atoms with Gasteiger partial charge in [0, 0.05) is 16.1 Å². The van der Waals surface area contributed by atoms with Gasteiger partial charge in [-0.05, 0) is 50.7 Å². The zero-order valence-electron chi connectivity index (χ0n) is 5.44. The van der Waals surface area contributed by atoms with Crippen LogP contribution in [-0.2, 0) is 0 Å². The van der Waals surface area contributed by atoms with Crippen molar-refractivity contribution in [2.24, 2.45) is 0 Å². The lowest BCUT2D eigenvalue weighted by Gasteiger charge is -1.88. The fourth-order valence-corrected chi connectivity index (χ4v) is 1.90. The number of nitrogens with one attached hydrogen (secondary N) is 1. The van der Waals surface area contributed by atoms with Crippen LogP contribution >= 0.6 is 38.5 Å². The number of pyridine rings is 1. The van der Waals surface area contributed by atoms with Crippen LogP contribution in [0.3, 0.4) is 0 Å². The average molecular weight is 323 g/mol. The molecule has 0 aliphatic rings. The van der Waals surface area contributed by atoms with Crippen molar-refractivity contribution in [3.8, 4) is 0 Å². The summed E-state index contributed by atoms with van der Waals surface area (Å²) in [4.78, 5) is 7.33. The second-order valence-electron chi connectivity index (χ2n) is 2.21. The Labute approximate surface area is 85.7 Å². The number of hydrogen-bond acceptors (Lipinski definition) is 1. The molecule has 0 fully saturated rings. The lowest BCUT2D eigenvalue weighted by atomic mass is 10.3. The highest BCUT2D eigenvalue weighted by molar-refractivity contribution is 14.1. The molecule has 0 amide bonds. The minimum atomic E-state index is 0.942. The predicted molar refractivity (Wildman–Crippen MR) is 56.5 cm³/mol. The number of aromatic nitrogens is 2. The lowest BCUT2D eigenvalue weighted by molar-refractivity contribution is 1.29. The molecular weight excluding hydrogens is 319 g/mol. The number of hydrogen-bond donors (Lipinski definition) is 1. The van der Waals surface area contributed by atoms with Crippen LogP contribution in [0.1, 0.15) is 0 Å². The van der Waals surface area contributed by atoms with Gasteiger partial charge in [0.2, 0.25) is 0 Å². The van der Waals surface area contributed by atoms with E-state index in [0.717, 1.165) is 19.2 Å². The van der Waals surface area contributed by atoms with Gasteiger partial charge in [0.15, 0.2) is 0 Å². The third-order valence-electron chi connectivity index (χ3n) is 1.40. The summed E-state index contributed by atoms with van der Waals surface area (Å²) >= 11 is 5.60. The van der Waals surface area contributed by atoms with Gasteiger partial charge in [0.05, 0.1) is 3.70 Å². The van der Waals surface area contributed by atoms with E-state index in [1.807, 2.05) is 6.07 Å². The van der Waals surface area contributed by atoms with Crippen LogP contribution in [0, 0.1) is 3.70 Å². The van der Waals surface area contributed by atoms with Gasteiger partial charge in [-0.3, -0.25) is 0 Å². The third kappa shape index (κ3) is 1.41. The highest BCUT2D eigenvalue weighted by Gasteiger charge is 1.98. The maximum absolute atomic E-state index is 4.19. The molecule has 1 N–H and O–H groups in total. The first-order valence-electron chi connectivity index (χ1n) is 3.05. The maximum atomic E-state index is 4.19. The van der Waals surface area contributed by atoms with E-state index in [4.69, 9.17) is 0 Å². The smallest absolute Gasteiger partial charge is 0.138 e. The van der Waals surface area contributed by atoms with Crippen molar-refractivity contribution in [3.05, 3.63) is 26.5 Å². The Morgan fingerprint density at radius 2 is 2.27 bits per heavy atom. The Morgan fingerprint density at radius 1 is 1.45 bits per heavy atom. The van der Waals surface area contributed by atoms with Crippen molar-refractivity contribution in [3.63, 3.8) is 0 Å². The second kappa shape index (κ2) is 2.75. The Morgan fingerprint density at radius 3 is 3.09 bits per heavy atom. The van der Waals surface area contributed by atoms with E-state index >= 15 is 0 Å². The molecule has 0 atom stereocenters. The SMILES string of the molecule is Brc1cnc2[nH]c(I)cc2c1. The van der Waals surface area contributed by atoms with E-state index in [1.54, 1.807) is 6.20 Å². The quantitative estimate of drug-likeness (QED) is 0.742. The molecule has 2 aromatic heterocycles. The van der Waals surface area contributed by atoms with Crippen molar-refractivity contribution in [2.75, 3.05) is 0 Å². The zero-order valence-corrected chi connectivity index (χ0v) is 9.18. The molecule has 4 heteroatoms. The van der Waals surface area contributed by atoms with Gasteiger partial charge in [-0.2, -0.15) is 0 Å². The maximum Gasteiger partial charge on any atom is 0.138 e. The van der Waals surface area contributed by atoms with Crippen molar-refractivity contribution in [1.29, 1.82) is 0 Å². The Kier molecular flexibility index (Phi) is 1.88. The van der Waals surface area contributed by atoms with Gasteiger partial charge in [-0.1, -0.05) is 0 Å². The minimum Gasteiger partial charge on any atom is -0.335 e. The lowest BCUT2D eigenvalue weighted by Crippen LogP contribution is -1.74. The van der Waals surface area contributed by atoms with Crippen LogP contribution in [-0.4, -0.2) is 9.97 Å². The molecular formula is C7H4BrIN2. The molecule has 0 saturated carbocycles. The van der Waals surface area contributed by atoms with E-state index in [0.29, 0.717) is 0 Å². The first-order valence-corrected chi connectivity index (χ1v) is 4.92. The first kappa shape index (κ1) is 7.54. The van der Waals surface area contributed by atoms with Gasteiger partial charge < -0.3 is 4.98 Å². The van der Waals surface area contributed by atoms with Crippen molar-refractivity contribution in [2.45, 2.75) is 0 Å². The number of rotatable bonds is 0. The van der Waals surface area contributed by atoms with Gasteiger partial charge in [0.25, 0.3) is 0 Å². The topological polar surface area (TPSA) is 28.7 Å². The Bertz CT molecular complexity index is 396. The third-order valence-corrected chi connectivity index (χ3v) is 2.42. The molecule has 0 saturated heterocycles. The molecule has 2 nitrogen and oxygen atoms in total. The summed E-state index contributed by atoms with van der Waals surface area (Å²) in [6, 6.07) is 4.11. The predicted octanol–water partition coefficient (Wildman–Crippen LogP) is 2.93. The molecule has 0 unspecified atom stereocenters. The van der Waals surface area contributed by atoms with Crippen LogP contribution in [0.25, 0.3) is 11.0 Å². The molecule has 56 valence electrons. The van der Waals surface area contributed by atoms with E-state index in [9.17, 15) is 0 Å². The zero-order chi connectivity index (χ0) is 7.84. The summed E-state index contributed by atoms with van der Waals surface area (Å²) in [5, 5.41) is 1.14. The summed E-state index contributed by atoms with van der Waals surface area (Å²) in [6.07, 6.45) is 1.79. The molecule has 0 radical (unpaired) electrons. The van der Waals surface area contributed by atoms with Crippen LogP contribution < -0.4 is 0 Å². The molecule has 0 spiro atoms. The van der Waals surface area contributed by atoms with Gasteiger partial charge >= 0.3 is 0 Å². The fraction of sp³-hybridized carbons (Fsp3) is 0. The van der Waals surface area contributed by atoms with Crippen LogP contribution in [0.2, 0.25) is 0 Å². The fourth-order valence-electron chi connectivity index (χ4n) is 0.955. The Balaban J connectivity index is 2.82. The van der Waals surface area contributed by atoms with E-state index in [2.05, 4.69) is 54.6 Å². The number of H-pyrrole nitrogens is 1. The number of fused-ring (bicyclic) bond motifs is 1. The van der Waals surface area contributed by atoms with E-state index in [1.165, 1.54) is 0 Å². The second-order valence-corrected chi connectivity index (χ2v) is 4.29. The van der Waals surface area contributed by atoms with Crippen molar-refractivity contribution >= 4 is 49.6 Å². The normalized spacial score (nSPS) is 10.7. The summed E-state index contributed by atoms with van der Waals surface area (Å²) < 4.78 is 2.13. The summed E-state index contributed by atoms with van der Waals surface area (Å²) in [6.45, 7) is 0. The molecule has 2 rings (SSSR count). The number of nitrogens with zero attached hydrogens (tertiary/aromatic N) is 1. The highest BCUT2D eigenvalue weighted by atomic mass is 127. The molecule has 2 heterocycles. The summed E-state index contributed by atoms with van der Waals surface area (Å²) in [5.41, 5.74) is 0.942. The molecule has 0 aromatic carbocycles. The first-order chi connectivity index (χ1) is 5.25. The van der Waals surface area contributed by atoms with Gasteiger partial charge in [-0.15, -0.1) is 0 Å². The van der Waals surface area contributed by atoms with Crippen LogP contribution in [0.15, 0.2) is 22.8 Å². The summed E-state index contributed by atoms with van der Waals surface area (Å²) in [5.74, 6) is 0. The molecule has 11 heavy (non-hydrogen) atoms. The molecule has 0 aliphatic carbocycles. The van der Waals surface area contributed by atoms with Crippen LogP contribution in [0.4, 0.5) is 0 Å². The van der Waals surface area contributed by atoms with E-state index < -0.39 is 0 Å². The highest BCUT2D eigenvalue weighted by Crippen LogP contribution is 2.18. The standard InChI is InChI=1S/C7H4BrIN2/c8-5-1-4-2-6(9)11-7(4)10-3-5/h1-3H,(H,10,11). The van der Waals surface area contributed by atoms with Crippen molar-refractivity contribution in [1.82, 2.24) is 9.97 Å². The molecule has 0 bridgehead atoms. The number of aromatic amines is 1. The minimum absolute atomic E-state index is 0.942. The van der Waals surface area contributed by atoms with Gasteiger partial charge in [-0.25, -0.2) is 4.98 Å². The number of halogens is 2. The van der Waals surface area contributed by atoms with Crippen molar-refractivity contribution < 1.29 is 0 Å². The van der Waals surface area contributed by atoms with E-state index in [-0.39, 0.29) is 0 Å². The monoisotopic (exact) mass is 322 g/mol. The van der Waals surface area contributed by atoms with Crippen LogP contribution in [0.5, 0.6) is 0 Å². The summed E-state index contributed by atoms with van der Waals surface area (Å²) in [7, 11) is 0. The Hall–Kier alpha value is -0.100. The molecule has 0 aliphatic heterocycles. The largest absolute Gasteiger partial charge is 0.335 e. The molecule has 2 aromatic rings. The average Bonchev–Trinajstić information content (AvgIpc) is 2.27.